The number of aromatic hydroxyl groups is 1. The Morgan fingerprint density at radius 1 is 0.913 bits per heavy atom. The third-order valence-corrected chi connectivity index (χ3v) is 4.12. The number of aromatic amines is 1. The molecule has 0 atom stereocenters. The van der Waals surface area contributed by atoms with Crippen molar-refractivity contribution in [2.45, 2.75) is 6.42 Å². The number of hydrogen-bond acceptors (Lipinski definition) is 2. The number of H-pyrrole nitrogens is 1. The molecule has 0 radical (unpaired) electrons. The Labute approximate surface area is 134 Å². The van der Waals surface area contributed by atoms with E-state index >= 15 is 0 Å². The summed E-state index contributed by atoms with van der Waals surface area (Å²) in [4.78, 5) is 7.65. The minimum absolute atomic E-state index is 0.254. The van der Waals surface area contributed by atoms with Crippen LogP contribution < -0.4 is 0 Å². The number of aromatic nitrogens is 2. The zero-order valence-corrected chi connectivity index (χ0v) is 12.5. The smallest absolute Gasteiger partial charge is 0.145 e. The third-order valence-electron chi connectivity index (χ3n) is 4.12. The van der Waals surface area contributed by atoms with Gasteiger partial charge in [-0.1, -0.05) is 48.5 Å². The number of benzene rings is 2. The van der Waals surface area contributed by atoms with Crippen LogP contribution in [0, 0.1) is 0 Å². The molecule has 0 aliphatic carbocycles. The monoisotopic (exact) mass is 300 g/mol. The predicted octanol–water partition coefficient (Wildman–Crippen LogP) is 4.53. The molecule has 2 N–H and O–H groups in total. The van der Waals surface area contributed by atoms with Gasteiger partial charge in [0.25, 0.3) is 0 Å². The topological polar surface area (TPSA) is 48.9 Å². The summed E-state index contributed by atoms with van der Waals surface area (Å²) in [5.74, 6) is 0.254. The summed E-state index contributed by atoms with van der Waals surface area (Å²) >= 11 is 0. The Hall–Kier alpha value is -3.07. The summed E-state index contributed by atoms with van der Waals surface area (Å²) in [6, 6.07) is 19.9. The Bertz CT molecular complexity index is 958. The quantitative estimate of drug-likeness (QED) is 0.584. The Balaban J connectivity index is 1.76. The lowest BCUT2D eigenvalue weighted by Gasteiger charge is -2.09. The highest BCUT2D eigenvalue weighted by Gasteiger charge is 2.12. The van der Waals surface area contributed by atoms with Gasteiger partial charge in [-0.25, -0.2) is 0 Å². The summed E-state index contributed by atoms with van der Waals surface area (Å²) in [5.41, 5.74) is 4.73. The van der Waals surface area contributed by atoms with Crippen LogP contribution in [0.25, 0.3) is 22.0 Å². The largest absolute Gasteiger partial charge is 0.505 e. The molecule has 0 saturated carbocycles. The fraction of sp³-hybridized carbons (Fsp3) is 0.0500. The number of hydrogen-bond donors (Lipinski definition) is 2. The average molecular weight is 300 g/mol. The van der Waals surface area contributed by atoms with Gasteiger partial charge >= 0.3 is 0 Å². The first kappa shape index (κ1) is 13.6. The second kappa shape index (κ2) is 5.61. The van der Waals surface area contributed by atoms with Gasteiger partial charge in [-0.05, 0) is 23.3 Å². The van der Waals surface area contributed by atoms with E-state index in [1.807, 2.05) is 60.8 Å². The van der Waals surface area contributed by atoms with Gasteiger partial charge in [-0.15, -0.1) is 0 Å². The zero-order valence-electron chi connectivity index (χ0n) is 12.5. The van der Waals surface area contributed by atoms with E-state index in [0.717, 1.165) is 22.2 Å². The van der Waals surface area contributed by atoms with Crippen molar-refractivity contribution < 1.29 is 5.11 Å². The first-order valence-electron chi connectivity index (χ1n) is 7.60. The van der Waals surface area contributed by atoms with E-state index in [9.17, 15) is 5.11 Å². The van der Waals surface area contributed by atoms with E-state index in [0.29, 0.717) is 12.1 Å². The van der Waals surface area contributed by atoms with Crippen LogP contribution >= 0.6 is 0 Å². The van der Waals surface area contributed by atoms with Crippen LogP contribution in [0.1, 0.15) is 11.3 Å². The van der Waals surface area contributed by atoms with Gasteiger partial charge < -0.3 is 10.1 Å². The van der Waals surface area contributed by atoms with E-state index in [1.54, 1.807) is 6.20 Å². The lowest BCUT2D eigenvalue weighted by molar-refractivity contribution is 0.468. The van der Waals surface area contributed by atoms with E-state index in [4.69, 9.17) is 0 Å². The lowest BCUT2D eigenvalue weighted by atomic mass is 10.0. The molecule has 4 rings (SSSR count). The van der Waals surface area contributed by atoms with E-state index in [2.05, 4.69) is 16.0 Å². The van der Waals surface area contributed by atoms with Crippen molar-refractivity contribution in [2.75, 3.05) is 0 Å². The van der Waals surface area contributed by atoms with Crippen LogP contribution in [0.5, 0.6) is 5.75 Å². The molecule has 2 heterocycles. The van der Waals surface area contributed by atoms with Crippen molar-refractivity contribution in [1.29, 1.82) is 0 Å². The maximum Gasteiger partial charge on any atom is 0.145 e. The molecule has 112 valence electrons. The number of fused-ring (bicyclic) bond motifs is 1. The number of para-hydroxylation sites is 1. The van der Waals surface area contributed by atoms with Crippen molar-refractivity contribution in [2.24, 2.45) is 0 Å². The van der Waals surface area contributed by atoms with Crippen LogP contribution in [0.4, 0.5) is 0 Å². The first-order valence-corrected chi connectivity index (χ1v) is 7.60. The zero-order chi connectivity index (χ0) is 15.6. The highest BCUT2D eigenvalue weighted by molar-refractivity contribution is 5.83. The molecule has 23 heavy (non-hydrogen) atoms. The summed E-state index contributed by atoms with van der Waals surface area (Å²) in [5, 5.41) is 11.8. The molecule has 0 saturated heterocycles. The molecular weight excluding hydrogens is 284 g/mol. The molecule has 2 aromatic carbocycles. The van der Waals surface area contributed by atoms with Gasteiger partial charge in [-0.2, -0.15) is 0 Å². The summed E-state index contributed by atoms with van der Waals surface area (Å²) in [6.45, 7) is 0. The van der Waals surface area contributed by atoms with Crippen molar-refractivity contribution in [3.63, 3.8) is 0 Å². The fourth-order valence-corrected chi connectivity index (χ4v) is 2.94. The van der Waals surface area contributed by atoms with Gasteiger partial charge in [0.2, 0.25) is 0 Å². The standard InChI is InChI=1S/C20H16N2O/c23-20-17(14-6-2-1-3-7-14)10-11-21-19(20)12-15-13-22-18-9-5-4-8-16(15)18/h1-11,13,22-23H,12H2. The lowest BCUT2D eigenvalue weighted by Crippen LogP contribution is -1.94. The van der Waals surface area contributed by atoms with E-state index in [1.165, 1.54) is 5.39 Å². The van der Waals surface area contributed by atoms with Crippen molar-refractivity contribution >= 4 is 10.9 Å². The Morgan fingerprint density at radius 3 is 2.57 bits per heavy atom. The molecule has 0 amide bonds. The molecule has 0 bridgehead atoms. The van der Waals surface area contributed by atoms with Gasteiger partial charge in [0.1, 0.15) is 5.75 Å². The molecule has 4 aromatic rings. The highest BCUT2D eigenvalue weighted by atomic mass is 16.3. The molecule has 3 heteroatoms. The average Bonchev–Trinajstić information content (AvgIpc) is 3.01. The molecule has 0 spiro atoms. The number of rotatable bonds is 3. The van der Waals surface area contributed by atoms with E-state index < -0.39 is 0 Å². The van der Waals surface area contributed by atoms with Gasteiger partial charge in [0, 0.05) is 35.3 Å². The van der Waals surface area contributed by atoms with Gasteiger partial charge in [-0.3, -0.25) is 4.98 Å². The fourth-order valence-electron chi connectivity index (χ4n) is 2.94. The predicted molar refractivity (Wildman–Crippen MR) is 92.4 cm³/mol. The molecular formula is C20H16N2O. The minimum atomic E-state index is 0.254. The molecule has 0 aliphatic rings. The second-order valence-corrected chi connectivity index (χ2v) is 5.56. The molecule has 0 fully saturated rings. The molecule has 0 aliphatic heterocycles. The highest BCUT2D eigenvalue weighted by Crippen LogP contribution is 2.32. The molecule has 2 aromatic heterocycles. The number of nitrogens with one attached hydrogen (secondary N) is 1. The van der Waals surface area contributed by atoms with Crippen molar-refractivity contribution in [3.05, 3.63) is 84.3 Å². The van der Waals surface area contributed by atoms with Crippen LogP contribution in [0.3, 0.4) is 0 Å². The Morgan fingerprint density at radius 2 is 1.70 bits per heavy atom. The van der Waals surface area contributed by atoms with Gasteiger partial charge in [0.15, 0.2) is 0 Å². The van der Waals surface area contributed by atoms with Gasteiger partial charge in [0.05, 0.1) is 5.69 Å². The third kappa shape index (κ3) is 2.46. The number of pyridine rings is 1. The van der Waals surface area contributed by atoms with Crippen LogP contribution in [0.15, 0.2) is 73.1 Å². The second-order valence-electron chi connectivity index (χ2n) is 5.56. The van der Waals surface area contributed by atoms with Crippen LogP contribution in [-0.2, 0) is 6.42 Å². The number of nitrogens with zero attached hydrogens (tertiary/aromatic N) is 1. The summed E-state index contributed by atoms with van der Waals surface area (Å²) in [6.07, 6.45) is 4.34. The van der Waals surface area contributed by atoms with Crippen LogP contribution in [0.2, 0.25) is 0 Å². The Kier molecular flexibility index (Phi) is 3.31. The maximum atomic E-state index is 10.6. The first-order chi connectivity index (χ1) is 11.3. The van der Waals surface area contributed by atoms with Crippen molar-refractivity contribution in [3.8, 4) is 16.9 Å². The summed E-state index contributed by atoms with van der Waals surface area (Å²) < 4.78 is 0. The SMILES string of the molecule is Oc1c(-c2ccccc2)ccnc1Cc1c[nH]c2ccccc12. The van der Waals surface area contributed by atoms with Crippen molar-refractivity contribution in [1.82, 2.24) is 9.97 Å². The van der Waals surface area contributed by atoms with Crippen LogP contribution in [-0.4, -0.2) is 15.1 Å². The maximum absolute atomic E-state index is 10.6. The minimum Gasteiger partial charge on any atom is -0.505 e. The normalized spacial score (nSPS) is 11.0. The van der Waals surface area contributed by atoms with E-state index in [-0.39, 0.29) is 5.75 Å². The molecule has 3 nitrogen and oxygen atoms in total. The molecule has 0 unspecified atom stereocenters. The summed E-state index contributed by atoms with van der Waals surface area (Å²) in [7, 11) is 0.